The van der Waals surface area contributed by atoms with Gasteiger partial charge in [-0.2, -0.15) is 5.10 Å². The van der Waals surface area contributed by atoms with E-state index in [0.29, 0.717) is 0 Å². The molecule has 0 aliphatic heterocycles. The van der Waals surface area contributed by atoms with Gasteiger partial charge in [-0.25, -0.2) is 0 Å². The normalized spacial score (nSPS) is 12.4. The second kappa shape index (κ2) is 5.69. The minimum Gasteiger partial charge on any atom is -0.496 e. The molecule has 4 nitrogen and oxygen atoms in total. The zero-order valence-electron chi connectivity index (χ0n) is 11.0. The molecule has 0 radical (unpaired) electrons. The summed E-state index contributed by atoms with van der Waals surface area (Å²) in [5.74, 6) is 0.918. The van der Waals surface area contributed by atoms with Crippen LogP contribution in [0, 0.1) is 6.92 Å². The van der Waals surface area contributed by atoms with Crippen molar-refractivity contribution < 1.29 is 4.74 Å². The number of nitrogens with one attached hydrogen (secondary N) is 2. The van der Waals surface area contributed by atoms with Crippen LogP contribution in [-0.2, 0) is 6.54 Å². The standard InChI is InChI=1S/C14H19N3O/c1-10-12(9-16-17-10)8-15-11(2)13-6-4-5-7-14(13)18-3/h4-7,9,11,15H,8H2,1-3H3,(H,16,17)/t11-/m0/s1. The van der Waals surface area contributed by atoms with Gasteiger partial charge >= 0.3 is 0 Å². The summed E-state index contributed by atoms with van der Waals surface area (Å²) in [6.45, 7) is 4.95. The molecule has 2 rings (SSSR count). The van der Waals surface area contributed by atoms with Crippen LogP contribution in [0.1, 0.15) is 29.8 Å². The van der Waals surface area contributed by atoms with Gasteiger partial charge in [-0.1, -0.05) is 18.2 Å². The molecule has 1 aromatic carbocycles. The number of ether oxygens (including phenoxy) is 1. The van der Waals surface area contributed by atoms with Crippen molar-refractivity contribution in [1.29, 1.82) is 0 Å². The first-order valence-corrected chi connectivity index (χ1v) is 6.07. The Morgan fingerprint density at radius 1 is 1.39 bits per heavy atom. The van der Waals surface area contributed by atoms with Gasteiger partial charge in [0.25, 0.3) is 0 Å². The first-order chi connectivity index (χ1) is 8.72. The van der Waals surface area contributed by atoms with Gasteiger partial charge in [0.1, 0.15) is 5.75 Å². The predicted molar refractivity (Wildman–Crippen MR) is 71.6 cm³/mol. The Bertz CT molecular complexity index is 507. The van der Waals surface area contributed by atoms with Crippen LogP contribution in [0.3, 0.4) is 0 Å². The van der Waals surface area contributed by atoms with Crippen molar-refractivity contribution in [1.82, 2.24) is 15.5 Å². The van der Waals surface area contributed by atoms with Crippen LogP contribution in [0.15, 0.2) is 30.5 Å². The molecular formula is C14H19N3O. The molecule has 0 aliphatic rings. The predicted octanol–water partition coefficient (Wildman–Crippen LogP) is 2.58. The molecule has 0 bridgehead atoms. The third-order valence-electron chi connectivity index (χ3n) is 3.14. The van der Waals surface area contributed by atoms with E-state index in [1.54, 1.807) is 7.11 Å². The van der Waals surface area contributed by atoms with Crippen molar-refractivity contribution in [2.75, 3.05) is 7.11 Å². The van der Waals surface area contributed by atoms with Gasteiger partial charge in [0.15, 0.2) is 0 Å². The molecule has 4 heteroatoms. The molecule has 2 aromatic rings. The molecule has 0 saturated heterocycles. The zero-order valence-corrected chi connectivity index (χ0v) is 11.0. The number of methoxy groups -OCH3 is 1. The highest BCUT2D eigenvalue weighted by Crippen LogP contribution is 2.24. The maximum atomic E-state index is 5.37. The van der Waals surface area contributed by atoms with E-state index in [4.69, 9.17) is 4.74 Å². The summed E-state index contributed by atoms with van der Waals surface area (Å²) < 4.78 is 5.37. The van der Waals surface area contributed by atoms with E-state index in [1.807, 2.05) is 31.3 Å². The van der Waals surface area contributed by atoms with Gasteiger partial charge in [-0.15, -0.1) is 0 Å². The highest BCUT2D eigenvalue weighted by Gasteiger charge is 2.10. The van der Waals surface area contributed by atoms with Crippen LogP contribution >= 0.6 is 0 Å². The van der Waals surface area contributed by atoms with Crippen LogP contribution < -0.4 is 10.1 Å². The van der Waals surface area contributed by atoms with Crippen molar-refractivity contribution >= 4 is 0 Å². The molecule has 2 N–H and O–H groups in total. The number of hydrogen-bond donors (Lipinski definition) is 2. The Hall–Kier alpha value is -1.81. The molecule has 18 heavy (non-hydrogen) atoms. The van der Waals surface area contributed by atoms with E-state index < -0.39 is 0 Å². The lowest BCUT2D eigenvalue weighted by atomic mass is 10.1. The molecule has 1 atom stereocenters. The summed E-state index contributed by atoms with van der Waals surface area (Å²) in [6, 6.07) is 8.31. The topological polar surface area (TPSA) is 49.9 Å². The molecule has 0 aliphatic carbocycles. The molecule has 1 heterocycles. The summed E-state index contributed by atoms with van der Waals surface area (Å²) in [7, 11) is 1.70. The summed E-state index contributed by atoms with van der Waals surface area (Å²) in [5, 5.41) is 10.4. The Morgan fingerprint density at radius 2 is 2.17 bits per heavy atom. The first kappa shape index (κ1) is 12.6. The average Bonchev–Trinajstić information content (AvgIpc) is 2.81. The van der Waals surface area contributed by atoms with Gasteiger partial charge in [0, 0.05) is 29.4 Å². The smallest absolute Gasteiger partial charge is 0.123 e. The average molecular weight is 245 g/mol. The lowest BCUT2D eigenvalue weighted by molar-refractivity contribution is 0.401. The number of hydrogen-bond acceptors (Lipinski definition) is 3. The Balaban J connectivity index is 2.03. The van der Waals surface area contributed by atoms with Crippen LogP contribution in [0.2, 0.25) is 0 Å². The monoisotopic (exact) mass is 245 g/mol. The third kappa shape index (κ3) is 2.71. The SMILES string of the molecule is COc1ccccc1[C@H](C)NCc1cn[nH]c1C. The highest BCUT2D eigenvalue weighted by atomic mass is 16.5. The second-order valence-electron chi connectivity index (χ2n) is 4.36. The van der Waals surface area contributed by atoms with Crippen molar-refractivity contribution in [2.45, 2.75) is 26.4 Å². The number of nitrogens with zero attached hydrogens (tertiary/aromatic N) is 1. The fourth-order valence-electron chi connectivity index (χ4n) is 1.95. The largest absolute Gasteiger partial charge is 0.496 e. The van der Waals surface area contributed by atoms with Crippen molar-refractivity contribution in [3.63, 3.8) is 0 Å². The third-order valence-corrected chi connectivity index (χ3v) is 3.14. The number of rotatable bonds is 5. The van der Waals surface area contributed by atoms with Crippen molar-refractivity contribution in [3.05, 3.63) is 47.3 Å². The molecule has 0 unspecified atom stereocenters. The number of H-pyrrole nitrogens is 1. The Kier molecular flexibility index (Phi) is 3.99. The van der Waals surface area contributed by atoms with Crippen molar-refractivity contribution in [3.8, 4) is 5.75 Å². The number of aromatic nitrogens is 2. The van der Waals surface area contributed by atoms with Crippen LogP contribution in [0.4, 0.5) is 0 Å². The summed E-state index contributed by atoms with van der Waals surface area (Å²) in [4.78, 5) is 0. The van der Waals surface area contributed by atoms with Gasteiger partial charge < -0.3 is 10.1 Å². The minimum atomic E-state index is 0.232. The van der Waals surface area contributed by atoms with Gasteiger partial charge in [0.2, 0.25) is 0 Å². The quantitative estimate of drug-likeness (QED) is 0.851. The fraction of sp³-hybridized carbons (Fsp3) is 0.357. The molecule has 0 spiro atoms. The Labute approximate surface area is 107 Å². The maximum absolute atomic E-state index is 5.37. The number of aromatic amines is 1. The van der Waals surface area contributed by atoms with Crippen LogP contribution in [0.25, 0.3) is 0 Å². The molecule has 0 fully saturated rings. The Morgan fingerprint density at radius 3 is 2.83 bits per heavy atom. The summed E-state index contributed by atoms with van der Waals surface area (Å²) >= 11 is 0. The van der Waals surface area contributed by atoms with Gasteiger partial charge in [0.05, 0.1) is 13.3 Å². The van der Waals surface area contributed by atoms with Gasteiger partial charge in [-0.3, -0.25) is 5.10 Å². The summed E-state index contributed by atoms with van der Waals surface area (Å²) in [6.07, 6.45) is 1.86. The molecular weight excluding hydrogens is 226 g/mol. The van der Waals surface area contributed by atoms with E-state index in [0.717, 1.165) is 18.0 Å². The van der Waals surface area contributed by atoms with Crippen molar-refractivity contribution in [2.24, 2.45) is 0 Å². The van der Waals surface area contributed by atoms with E-state index in [1.165, 1.54) is 11.1 Å². The van der Waals surface area contributed by atoms with E-state index >= 15 is 0 Å². The molecule has 96 valence electrons. The highest BCUT2D eigenvalue weighted by molar-refractivity contribution is 5.35. The first-order valence-electron chi connectivity index (χ1n) is 6.07. The molecule has 0 amide bonds. The second-order valence-corrected chi connectivity index (χ2v) is 4.36. The zero-order chi connectivity index (χ0) is 13.0. The van der Waals surface area contributed by atoms with E-state index in [2.05, 4.69) is 28.5 Å². The fourth-order valence-corrected chi connectivity index (χ4v) is 1.95. The number of benzene rings is 1. The van der Waals surface area contributed by atoms with Crippen LogP contribution in [0.5, 0.6) is 5.75 Å². The lowest BCUT2D eigenvalue weighted by Gasteiger charge is -2.17. The number of para-hydroxylation sites is 1. The van der Waals surface area contributed by atoms with E-state index in [-0.39, 0.29) is 6.04 Å². The van der Waals surface area contributed by atoms with E-state index in [9.17, 15) is 0 Å². The molecule has 1 aromatic heterocycles. The summed E-state index contributed by atoms with van der Waals surface area (Å²) in [5.41, 5.74) is 3.47. The number of aryl methyl sites for hydroxylation is 1. The lowest BCUT2D eigenvalue weighted by Crippen LogP contribution is -2.18. The molecule has 0 saturated carbocycles. The maximum Gasteiger partial charge on any atom is 0.123 e. The minimum absolute atomic E-state index is 0.232. The van der Waals surface area contributed by atoms with Gasteiger partial charge in [-0.05, 0) is 19.9 Å². The van der Waals surface area contributed by atoms with Crippen LogP contribution in [-0.4, -0.2) is 17.3 Å².